The second-order valence-electron chi connectivity index (χ2n) is 5.02. The van der Waals surface area contributed by atoms with Crippen molar-refractivity contribution in [1.82, 2.24) is 0 Å². The number of carbonyl (C=O) groups is 1. The summed E-state index contributed by atoms with van der Waals surface area (Å²) >= 11 is 4.05. The van der Waals surface area contributed by atoms with Gasteiger partial charge < -0.3 is 0 Å². The molecule has 0 aromatic heterocycles. The zero-order valence-corrected chi connectivity index (χ0v) is 16.4. The first-order chi connectivity index (χ1) is 9.20. The van der Waals surface area contributed by atoms with E-state index in [9.17, 15) is 4.79 Å². The normalized spacial score (nSPS) is 12.4. The maximum atomic E-state index is 11.6. The van der Waals surface area contributed by atoms with Gasteiger partial charge in [-0.3, -0.25) is 0 Å². The average molecular weight is 393 g/mol. The molecule has 0 amide bonds. The first-order valence-corrected chi connectivity index (χ1v) is 12.0. The quantitative estimate of drug-likeness (QED) is 0.217. The van der Waals surface area contributed by atoms with Crippen LogP contribution in [-0.2, 0) is 9.53 Å². The molecule has 0 N–H and O–H groups in total. The van der Waals surface area contributed by atoms with Gasteiger partial charge in [-0.2, -0.15) is 0 Å². The standard InChI is InChI=1S/C11H21O2S.C4H9.Sn/c1-2-3-4-5-6-7-9-13-11(12)8-10-14;1-3-4-2;/h10,14H,2-9H2,1H3;1,3-4H2,2H3;. The number of esters is 1. The van der Waals surface area contributed by atoms with E-state index in [1.54, 1.807) is 0 Å². The Balaban J connectivity index is 3.33. The zero-order chi connectivity index (χ0) is 14.3. The summed E-state index contributed by atoms with van der Waals surface area (Å²) < 4.78 is 6.94. The minimum absolute atomic E-state index is 0.0362. The Hall–Kier alpha value is 0.619. The van der Waals surface area contributed by atoms with Gasteiger partial charge in [0.2, 0.25) is 0 Å². The van der Waals surface area contributed by atoms with Crippen LogP contribution in [0.1, 0.15) is 71.6 Å². The zero-order valence-electron chi connectivity index (χ0n) is 12.6. The molecule has 4 heteroatoms. The summed E-state index contributed by atoms with van der Waals surface area (Å²) in [6, 6.07) is 0. The topological polar surface area (TPSA) is 26.3 Å². The van der Waals surface area contributed by atoms with Crippen molar-refractivity contribution in [2.75, 3.05) is 6.61 Å². The Morgan fingerprint density at radius 2 is 1.68 bits per heavy atom. The van der Waals surface area contributed by atoms with Crippen LogP contribution in [0.15, 0.2) is 0 Å². The number of hydrogen-bond donors (Lipinski definition) is 1. The molecule has 2 radical (unpaired) electrons. The van der Waals surface area contributed by atoms with Gasteiger partial charge >= 0.3 is 135 Å². The second-order valence-corrected chi connectivity index (χ2v) is 11.6. The fourth-order valence-electron chi connectivity index (χ4n) is 1.80. The van der Waals surface area contributed by atoms with Gasteiger partial charge in [-0.05, 0) is 0 Å². The minimum atomic E-state index is -0.469. The third kappa shape index (κ3) is 14.8. The average Bonchev–Trinajstić information content (AvgIpc) is 2.38. The van der Waals surface area contributed by atoms with E-state index in [2.05, 4.69) is 26.5 Å². The molecule has 0 rings (SSSR count). The molecule has 19 heavy (non-hydrogen) atoms. The summed E-state index contributed by atoms with van der Waals surface area (Å²) in [7, 11) is 0. The van der Waals surface area contributed by atoms with E-state index in [-0.39, 0.29) is 5.97 Å². The summed E-state index contributed by atoms with van der Waals surface area (Å²) in [6.45, 7) is 5.04. The third-order valence-corrected chi connectivity index (χ3v) is 8.20. The molecule has 0 bridgehead atoms. The van der Waals surface area contributed by atoms with Crippen molar-refractivity contribution in [3.63, 3.8) is 0 Å². The molecule has 1 atom stereocenters. The van der Waals surface area contributed by atoms with Crippen LogP contribution >= 0.6 is 12.6 Å². The van der Waals surface area contributed by atoms with E-state index in [1.165, 1.54) is 49.4 Å². The van der Waals surface area contributed by atoms with Gasteiger partial charge in [0.15, 0.2) is 0 Å². The Kier molecular flexibility index (Phi) is 15.5. The van der Waals surface area contributed by atoms with Crippen LogP contribution in [0.25, 0.3) is 0 Å². The molecule has 0 spiro atoms. The second kappa shape index (κ2) is 15.0. The monoisotopic (exact) mass is 394 g/mol. The van der Waals surface area contributed by atoms with E-state index < -0.39 is 21.1 Å². The maximum absolute atomic E-state index is 11.6. The molecular weight excluding hydrogens is 363 g/mol. The van der Waals surface area contributed by atoms with Gasteiger partial charge in [0.25, 0.3) is 0 Å². The van der Waals surface area contributed by atoms with E-state index in [0.29, 0.717) is 16.3 Å². The van der Waals surface area contributed by atoms with Crippen molar-refractivity contribution in [1.29, 1.82) is 0 Å². The Morgan fingerprint density at radius 3 is 2.37 bits per heavy atom. The molecular formula is C15H30O2SSn. The Bertz CT molecular complexity index is 212. The Morgan fingerprint density at radius 1 is 1.05 bits per heavy atom. The molecule has 0 aliphatic carbocycles. The molecule has 0 aliphatic heterocycles. The van der Waals surface area contributed by atoms with Crippen molar-refractivity contribution in [3.05, 3.63) is 0 Å². The molecule has 0 aromatic carbocycles. The number of rotatable bonds is 13. The van der Waals surface area contributed by atoms with Crippen LogP contribution in [0, 0.1) is 0 Å². The van der Waals surface area contributed by atoms with Crippen molar-refractivity contribution < 1.29 is 9.53 Å². The van der Waals surface area contributed by atoms with E-state index in [4.69, 9.17) is 4.74 Å². The Labute approximate surface area is 135 Å². The molecule has 0 fully saturated rings. The SMILES string of the molecule is CCCCCCCCOC(=O)C[CH](S)[Sn][CH2]CCC. The summed E-state index contributed by atoms with van der Waals surface area (Å²) in [5.74, 6) is -0.0362. The van der Waals surface area contributed by atoms with Gasteiger partial charge in [0, 0.05) is 0 Å². The molecule has 0 saturated carbocycles. The number of thiol groups is 1. The van der Waals surface area contributed by atoms with E-state index in [1.807, 2.05) is 0 Å². The predicted octanol–water partition coefficient (Wildman–Crippen LogP) is 4.46. The molecule has 0 aromatic rings. The van der Waals surface area contributed by atoms with Crippen LogP contribution in [0.3, 0.4) is 0 Å². The van der Waals surface area contributed by atoms with E-state index >= 15 is 0 Å². The molecule has 0 aliphatic rings. The van der Waals surface area contributed by atoms with Gasteiger partial charge in [-0.25, -0.2) is 0 Å². The third-order valence-electron chi connectivity index (χ3n) is 3.03. The van der Waals surface area contributed by atoms with E-state index in [0.717, 1.165) is 6.42 Å². The molecule has 112 valence electrons. The van der Waals surface area contributed by atoms with Crippen LogP contribution in [0.4, 0.5) is 0 Å². The summed E-state index contributed by atoms with van der Waals surface area (Å²) in [5.41, 5.74) is 0. The van der Waals surface area contributed by atoms with Gasteiger partial charge in [-0.15, -0.1) is 0 Å². The van der Waals surface area contributed by atoms with Crippen molar-refractivity contribution in [2.24, 2.45) is 0 Å². The van der Waals surface area contributed by atoms with Gasteiger partial charge in [0.05, 0.1) is 0 Å². The first-order valence-electron chi connectivity index (χ1n) is 7.77. The van der Waals surface area contributed by atoms with Crippen LogP contribution in [-0.4, -0.2) is 37.0 Å². The van der Waals surface area contributed by atoms with Crippen LogP contribution < -0.4 is 0 Å². The number of ether oxygens (including phenoxy) is 1. The molecule has 2 nitrogen and oxygen atoms in total. The molecule has 0 saturated heterocycles. The van der Waals surface area contributed by atoms with Gasteiger partial charge in [0.1, 0.15) is 0 Å². The number of carbonyl (C=O) groups excluding carboxylic acids is 1. The summed E-state index contributed by atoms with van der Waals surface area (Å²) in [5, 5.41) is 0. The van der Waals surface area contributed by atoms with Crippen molar-refractivity contribution in [2.45, 2.75) is 79.3 Å². The first kappa shape index (κ1) is 19.6. The number of hydrogen-bond acceptors (Lipinski definition) is 3. The van der Waals surface area contributed by atoms with Crippen molar-refractivity contribution >= 4 is 39.7 Å². The number of unbranched alkanes of at least 4 members (excludes halogenated alkanes) is 6. The van der Waals surface area contributed by atoms with Crippen LogP contribution in [0.2, 0.25) is 4.44 Å². The molecule has 0 heterocycles. The van der Waals surface area contributed by atoms with Crippen molar-refractivity contribution in [3.8, 4) is 0 Å². The fraction of sp³-hybridized carbons (Fsp3) is 0.933. The predicted molar refractivity (Wildman–Crippen MR) is 87.2 cm³/mol. The summed E-state index contributed by atoms with van der Waals surface area (Å²) in [6.07, 6.45) is 10.5. The van der Waals surface area contributed by atoms with Gasteiger partial charge in [-0.1, -0.05) is 0 Å². The molecule has 1 unspecified atom stereocenters. The fourth-order valence-corrected chi connectivity index (χ4v) is 6.25. The summed E-state index contributed by atoms with van der Waals surface area (Å²) in [4.78, 5) is 11.6. The van der Waals surface area contributed by atoms with Crippen LogP contribution in [0.5, 0.6) is 0 Å².